The minimum absolute atomic E-state index is 0.149. The molecule has 1 saturated carbocycles. The van der Waals surface area contributed by atoms with E-state index in [1.165, 1.54) is 32.1 Å². The van der Waals surface area contributed by atoms with Gasteiger partial charge in [-0.05, 0) is 18.8 Å². The van der Waals surface area contributed by atoms with Crippen molar-refractivity contribution in [1.82, 2.24) is 4.90 Å². The summed E-state index contributed by atoms with van der Waals surface area (Å²) in [6.07, 6.45) is 6.30. The van der Waals surface area contributed by atoms with Crippen LogP contribution in [0.15, 0.2) is 0 Å². The van der Waals surface area contributed by atoms with E-state index in [0.29, 0.717) is 17.9 Å². The molecule has 0 aliphatic heterocycles. The minimum Gasteiger partial charge on any atom is -0.339 e. The van der Waals surface area contributed by atoms with Crippen molar-refractivity contribution in [3.63, 3.8) is 0 Å². The number of carbonyl (C=O) groups excluding carboxylic acids is 1. The molecule has 0 spiro atoms. The predicted octanol–water partition coefficient (Wildman–Crippen LogP) is 3.83. The molecule has 1 fully saturated rings. The highest BCUT2D eigenvalue weighted by atomic mass is 79.9. The zero-order chi connectivity index (χ0) is 12.8. The zero-order valence-corrected chi connectivity index (χ0v) is 13.0. The molecule has 0 bridgehead atoms. The second-order valence-corrected chi connectivity index (χ2v) is 6.34. The summed E-state index contributed by atoms with van der Waals surface area (Å²) in [5.74, 6) is 0.936. The summed E-state index contributed by atoms with van der Waals surface area (Å²) in [5.41, 5.74) is 0. The highest BCUT2D eigenvalue weighted by Gasteiger charge is 2.29. The number of carbonyl (C=O) groups is 1. The van der Waals surface area contributed by atoms with Crippen LogP contribution in [0, 0.1) is 11.8 Å². The molecule has 1 aliphatic carbocycles. The highest BCUT2D eigenvalue weighted by Crippen LogP contribution is 2.25. The Morgan fingerprint density at radius 3 is 2.29 bits per heavy atom. The number of nitrogens with zero attached hydrogens (tertiary/aromatic N) is 1. The van der Waals surface area contributed by atoms with E-state index in [1.807, 2.05) is 0 Å². The van der Waals surface area contributed by atoms with Gasteiger partial charge in [-0.25, -0.2) is 0 Å². The van der Waals surface area contributed by atoms with Crippen molar-refractivity contribution in [2.24, 2.45) is 11.8 Å². The lowest BCUT2D eigenvalue weighted by atomic mass is 9.91. The molecule has 1 amide bonds. The molecule has 1 aliphatic rings. The van der Waals surface area contributed by atoms with E-state index >= 15 is 0 Å². The van der Waals surface area contributed by atoms with Gasteiger partial charge in [0.2, 0.25) is 5.91 Å². The van der Waals surface area contributed by atoms with Gasteiger partial charge in [0.05, 0.1) is 0 Å². The quantitative estimate of drug-likeness (QED) is 0.707. The van der Waals surface area contributed by atoms with Gasteiger partial charge in [-0.1, -0.05) is 56.0 Å². The average Bonchev–Trinajstić information content (AvgIpc) is 2.35. The maximum absolute atomic E-state index is 12.5. The Morgan fingerprint density at radius 1 is 1.24 bits per heavy atom. The fraction of sp³-hybridized carbons (Fsp3) is 0.929. The predicted molar refractivity (Wildman–Crippen MR) is 76.4 cm³/mol. The lowest BCUT2D eigenvalue weighted by Gasteiger charge is -2.36. The van der Waals surface area contributed by atoms with Crippen LogP contribution in [0.5, 0.6) is 0 Å². The van der Waals surface area contributed by atoms with Crippen molar-refractivity contribution in [3.05, 3.63) is 0 Å². The van der Waals surface area contributed by atoms with Gasteiger partial charge in [-0.2, -0.15) is 0 Å². The van der Waals surface area contributed by atoms with Crippen LogP contribution >= 0.6 is 15.9 Å². The summed E-state index contributed by atoms with van der Waals surface area (Å²) in [6, 6.07) is 0.495. The topological polar surface area (TPSA) is 20.3 Å². The van der Waals surface area contributed by atoms with Gasteiger partial charge < -0.3 is 4.90 Å². The Balaban J connectivity index is 2.66. The second kappa shape index (κ2) is 7.40. The molecule has 0 saturated heterocycles. The van der Waals surface area contributed by atoms with E-state index in [2.05, 4.69) is 41.6 Å². The molecule has 17 heavy (non-hydrogen) atoms. The van der Waals surface area contributed by atoms with Crippen LogP contribution in [0.1, 0.15) is 52.9 Å². The highest BCUT2D eigenvalue weighted by molar-refractivity contribution is 9.09. The van der Waals surface area contributed by atoms with Crippen molar-refractivity contribution in [2.75, 3.05) is 11.9 Å². The molecule has 1 atom stereocenters. The van der Waals surface area contributed by atoms with Gasteiger partial charge in [-0.15, -0.1) is 0 Å². The largest absolute Gasteiger partial charge is 0.339 e. The fourth-order valence-corrected chi connectivity index (χ4v) is 2.89. The van der Waals surface area contributed by atoms with Crippen LogP contribution in [0.2, 0.25) is 0 Å². The van der Waals surface area contributed by atoms with E-state index in [4.69, 9.17) is 0 Å². The number of hydrogen-bond donors (Lipinski definition) is 0. The Bertz CT molecular complexity index is 236. The lowest BCUT2D eigenvalue weighted by Crippen LogP contribution is -2.45. The number of amides is 1. The van der Waals surface area contributed by atoms with Crippen LogP contribution in [-0.2, 0) is 4.79 Å². The minimum atomic E-state index is 0.149. The Labute approximate surface area is 114 Å². The van der Waals surface area contributed by atoms with Crippen molar-refractivity contribution in [3.8, 4) is 0 Å². The van der Waals surface area contributed by atoms with Crippen molar-refractivity contribution in [1.29, 1.82) is 0 Å². The number of hydrogen-bond acceptors (Lipinski definition) is 1. The van der Waals surface area contributed by atoms with Gasteiger partial charge in [0.1, 0.15) is 0 Å². The lowest BCUT2D eigenvalue weighted by molar-refractivity contribution is -0.139. The van der Waals surface area contributed by atoms with Crippen LogP contribution in [0.25, 0.3) is 0 Å². The molecular formula is C14H26BrNO. The van der Waals surface area contributed by atoms with Crippen LogP contribution in [-0.4, -0.2) is 28.7 Å². The third kappa shape index (κ3) is 4.27. The first-order valence-corrected chi connectivity index (χ1v) is 8.06. The Hall–Kier alpha value is -0.0500. The molecular weight excluding hydrogens is 278 g/mol. The van der Waals surface area contributed by atoms with Crippen LogP contribution in [0.4, 0.5) is 0 Å². The van der Waals surface area contributed by atoms with Crippen LogP contribution in [0.3, 0.4) is 0 Å². The Kier molecular flexibility index (Phi) is 6.53. The van der Waals surface area contributed by atoms with E-state index in [0.717, 1.165) is 11.9 Å². The van der Waals surface area contributed by atoms with Crippen LogP contribution < -0.4 is 0 Å². The summed E-state index contributed by atoms with van der Waals surface area (Å²) in [5, 5.41) is 0.889. The number of halogens is 1. The van der Waals surface area contributed by atoms with E-state index in [-0.39, 0.29) is 5.92 Å². The third-order valence-corrected chi connectivity index (χ3v) is 4.37. The van der Waals surface area contributed by atoms with E-state index in [1.54, 1.807) is 0 Å². The van der Waals surface area contributed by atoms with Gasteiger partial charge in [-0.3, -0.25) is 4.79 Å². The van der Waals surface area contributed by atoms with E-state index in [9.17, 15) is 4.79 Å². The molecule has 100 valence electrons. The smallest absolute Gasteiger partial charge is 0.225 e. The molecule has 0 aromatic rings. The summed E-state index contributed by atoms with van der Waals surface area (Å²) < 4.78 is 0. The maximum Gasteiger partial charge on any atom is 0.225 e. The third-order valence-electron chi connectivity index (χ3n) is 4.01. The summed E-state index contributed by atoms with van der Waals surface area (Å²) in [6.45, 7) is 7.20. The van der Waals surface area contributed by atoms with Gasteiger partial charge in [0.25, 0.3) is 0 Å². The average molecular weight is 304 g/mol. The molecule has 0 radical (unpaired) electrons. The molecule has 1 unspecified atom stereocenters. The molecule has 1 rings (SSSR count). The summed E-state index contributed by atoms with van der Waals surface area (Å²) in [7, 11) is 0. The second-order valence-electron chi connectivity index (χ2n) is 5.55. The summed E-state index contributed by atoms with van der Waals surface area (Å²) in [4.78, 5) is 14.6. The molecule has 3 heteroatoms. The van der Waals surface area contributed by atoms with Crippen molar-refractivity contribution in [2.45, 2.75) is 58.9 Å². The number of alkyl halides is 1. The normalized spacial score (nSPS) is 19.4. The Morgan fingerprint density at radius 2 is 1.82 bits per heavy atom. The standard InChI is InChI=1S/C14H26BrNO/c1-11(2)12(3)14(17)16(10-9-15)13-7-5-4-6-8-13/h11-13H,4-10H2,1-3H3. The maximum atomic E-state index is 12.5. The summed E-state index contributed by atoms with van der Waals surface area (Å²) >= 11 is 3.48. The molecule has 0 heterocycles. The molecule has 0 N–H and O–H groups in total. The first-order chi connectivity index (χ1) is 8.07. The SMILES string of the molecule is CC(C)C(C)C(=O)N(CCBr)C1CCCCC1. The van der Waals surface area contributed by atoms with Gasteiger partial charge in [0.15, 0.2) is 0 Å². The van der Waals surface area contributed by atoms with Gasteiger partial charge in [0, 0.05) is 23.8 Å². The number of rotatable bonds is 5. The molecule has 0 aromatic heterocycles. The zero-order valence-electron chi connectivity index (χ0n) is 11.4. The van der Waals surface area contributed by atoms with Gasteiger partial charge >= 0.3 is 0 Å². The molecule has 2 nitrogen and oxygen atoms in total. The first kappa shape index (κ1) is 15.0. The fourth-order valence-electron chi connectivity index (χ4n) is 2.50. The molecule has 0 aromatic carbocycles. The first-order valence-electron chi connectivity index (χ1n) is 6.94. The van der Waals surface area contributed by atoms with E-state index < -0.39 is 0 Å². The monoisotopic (exact) mass is 303 g/mol. The van der Waals surface area contributed by atoms with Crippen molar-refractivity contribution < 1.29 is 4.79 Å². The van der Waals surface area contributed by atoms with Crippen molar-refractivity contribution >= 4 is 21.8 Å².